The maximum Gasteiger partial charge on any atom is 0.573 e. The fourth-order valence-corrected chi connectivity index (χ4v) is 1.96. The molecule has 0 fully saturated rings. The van der Waals surface area contributed by atoms with Gasteiger partial charge in [0.15, 0.2) is 5.75 Å². The quantitative estimate of drug-likeness (QED) is 0.769. The molecule has 2 aromatic carbocycles. The van der Waals surface area contributed by atoms with Gasteiger partial charge in [-0.15, -0.1) is 13.2 Å². The summed E-state index contributed by atoms with van der Waals surface area (Å²) in [5.74, 6) is -4.34. The minimum absolute atomic E-state index is 0.236. The number of halogens is 4. The van der Waals surface area contributed by atoms with Crippen LogP contribution in [0.4, 0.5) is 28.0 Å². The SMILES string of the molecule is O=C(Nc1c(OC(F)(F)F)ccc(F)c1C(=O)O)OCc1ccccc1. The van der Waals surface area contributed by atoms with E-state index in [0.29, 0.717) is 17.7 Å². The maximum atomic E-state index is 13.7. The van der Waals surface area contributed by atoms with E-state index in [-0.39, 0.29) is 6.61 Å². The Hall–Kier alpha value is -3.30. The first-order valence-corrected chi connectivity index (χ1v) is 6.96. The summed E-state index contributed by atoms with van der Waals surface area (Å²) in [5, 5.41) is 10.8. The summed E-state index contributed by atoms with van der Waals surface area (Å²) in [6.07, 6.45) is -6.47. The Kier molecular flexibility index (Phi) is 5.65. The molecule has 6 nitrogen and oxygen atoms in total. The Morgan fingerprint density at radius 1 is 1.08 bits per heavy atom. The van der Waals surface area contributed by atoms with Gasteiger partial charge in [-0.3, -0.25) is 5.32 Å². The number of ether oxygens (including phenoxy) is 2. The van der Waals surface area contributed by atoms with Crippen molar-refractivity contribution in [3.8, 4) is 5.75 Å². The molecule has 2 rings (SSSR count). The van der Waals surface area contributed by atoms with Crippen LogP contribution in [0, 0.1) is 5.82 Å². The molecule has 0 aliphatic heterocycles. The van der Waals surface area contributed by atoms with Gasteiger partial charge >= 0.3 is 18.4 Å². The van der Waals surface area contributed by atoms with Crippen molar-refractivity contribution in [2.75, 3.05) is 5.32 Å². The van der Waals surface area contributed by atoms with Gasteiger partial charge in [-0.1, -0.05) is 30.3 Å². The van der Waals surface area contributed by atoms with Gasteiger partial charge < -0.3 is 14.6 Å². The number of carbonyl (C=O) groups is 2. The van der Waals surface area contributed by atoms with E-state index in [1.54, 1.807) is 35.6 Å². The Morgan fingerprint density at radius 2 is 1.73 bits per heavy atom. The number of carboxylic acid groups (broad SMARTS) is 1. The lowest BCUT2D eigenvalue weighted by Gasteiger charge is -2.16. The second-order valence-corrected chi connectivity index (χ2v) is 4.84. The molecule has 2 N–H and O–H groups in total. The Morgan fingerprint density at radius 3 is 2.31 bits per heavy atom. The average Bonchev–Trinajstić information content (AvgIpc) is 2.55. The molecule has 0 saturated carbocycles. The molecule has 138 valence electrons. The third-order valence-corrected chi connectivity index (χ3v) is 3.00. The molecule has 0 aliphatic carbocycles. The lowest BCUT2D eigenvalue weighted by molar-refractivity contribution is -0.274. The predicted octanol–water partition coefficient (Wildman–Crippen LogP) is 4.17. The van der Waals surface area contributed by atoms with Crippen LogP contribution in [0.15, 0.2) is 42.5 Å². The zero-order valence-corrected chi connectivity index (χ0v) is 12.8. The van der Waals surface area contributed by atoms with Gasteiger partial charge in [0, 0.05) is 0 Å². The van der Waals surface area contributed by atoms with E-state index in [2.05, 4.69) is 4.74 Å². The fourth-order valence-electron chi connectivity index (χ4n) is 1.96. The van der Waals surface area contributed by atoms with Gasteiger partial charge in [-0.2, -0.15) is 0 Å². The Bertz CT molecular complexity index is 808. The molecule has 0 heterocycles. The fraction of sp³-hybridized carbons (Fsp3) is 0.125. The van der Waals surface area contributed by atoms with Crippen LogP contribution in [0.5, 0.6) is 5.75 Å². The van der Waals surface area contributed by atoms with Crippen molar-refractivity contribution >= 4 is 17.7 Å². The van der Waals surface area contributed by atoms with Crippen molar-refractivity contribution in [2.24, 2.45) is 0 Å². The highest BCUT2D eigenvalue weighted by atomic mass is 19.4. The number of alkyl halides is 3. The van der Waals surface area contributed by atoms with E-state index >= 15 is 0 Å². The topological polar surface area (TPSA) is 84.9 Å². The molecule has 1 amide bonds. The van der Waals surface area contributed by atoms with Crippen LogP contribution in [-0.2, 0) is 11.3 Å². The molecule has 0 saturated heterocycles. The number of hydrogen-bond donors (Lipinski definition) is 2. The van der Waals surface area contributed by atoms with Gasteiger partial charge in [0.1, 0.15) is 23.7 Å². The number of amides is 1. The lowest BCUT2D eigenvalue weighted by Crippen LogP contribution is -2.22. The molecule has 10 heteroatoms. The highest BCUT2D eigenvalue weighted by Crippen LogP contribution is 2.34. The van der Waals surface area contributed by atoms with Gasteiger partial charge in [-0.05, 0) is 17.7 Å². The second-order valence-electron chi connectivity index (χ2n) is 4.84. The molecular formula is C16H11F4NO5. The molecule has 0 spiro atoms. The van der Waals surface area contributed by atoms with Crippen molar-refractivity contribution < 1.29 is 41.7 Å². The number of hydrogen-bond acceptors (Lipinski definition) is 4. The van der Waals surface area contributed by atoms with Crippen molar-refractivity contribution in [1.29, 1.82) is 0 Å². The summed E-state index contributed by atoms with van der Waals surface area (Å²) in [6, 6.07) is 9.32. The van der Waals surface area contributed by atoms with Gasteiger partial charge in [0.05, 0.1) is 0 Å². The normalized spacial score (nSPS) is 10.9. The molecule has 0 aromatic heterocycles. The molecule has 0 bridgehead atoms. The third-order valence-electron chi connectivity index (χ3n) is 3.00. The number of carboxylic acids is 1. The van der Waals surface area contributed by atoms with Crippen LogP contribution in [-0.4, -0.2) is 23.5 Å². The van der Waals surface area contributed by atoms with Gasteiger partial charge in [0.2, 0.25) is 0 Å². The Balaban J connectivity index is 2.26. The standard InChI is InChI=1S/C16H11F4NO5/c17-10-6-7-11(26-16(18,19)20)13(12(10)14(22)23)21-15(24)25-8-9-4-2-1-3-5-9/h1-7H,8H2,(H,21,24)(H,22,23). The van der Waals surface area contributed by atoms with Crippen molar-refractivity contribution in [3.63, 3.8) is 0 Å². The van der Waals surface area contributed by atoms with Crippen molar-refractivity contribution in [2.45, 2.75) is 13.0 Å². The minimum atomic E-state index is -5.18. The molecule has 0 atom stereocenters. The lowest BCUT2D eigenvalue weighted by atomic mass is 10.1. The number of nitrogens with one attached hydrogen (secondary N) is 1. The van der Waals surface area contributed by atoms with E-state index in [1.807, 2.05) is 0 Å². The van der Waals surface area contributed by atoms with E-state index in [1.165, 1.54) is 0 Å². The first-order chi connectivity index (χ1) is 12.2. The largest absolute Gasteiger partial charge is 0.573 e. The summed E-state index contributed by atoms with van der Waals surface area (Å²) in [4.78, 5) is 23.0. The summed E-state index contributed by atoms with van der Waals surface area (Å²) >= 11 is 0. The number of benzene rings is 2. The summed E-state index contributed by atoms with van der Waals surface area (Å²) in [6.45, 7) is -0.236. The summed E-state index contributed by atoms with van der Waals surface area (Å²) < 4.78 is 59.5. The smallest absolute Gasteiger partial charge is 0.478 e. The highest BCUT2D eigenvalue weighted by Gasteiger charge is 2.34. The third kappa shape index (κ3) is 5.10. The number of carbonyl (C=O) groups excluding carboxylic acids is 1. The molecule has 0 aliphatic rings. The van der Waals surface area contributed by atoms with E-state index in [4.69, 9.17) is 9.84 Å². The molecule has 0 radical (unpaired) electrons. The van der Waals surface area contributed by atoms with E-state index in [0.717, 1.165) is 0 Å². The number of anilines is 1. The van der Waals surface area contributed by atoms with Crippen LogP contribution < -0.4 is 10.1 Å². The van der Waals surface area contributed by atoms with Crippen LogP contribution in [0.2, 0.25) is 0 Å². The first-order valence-electron chi connectivity index (χ1n) is 6.96. The number of aromatic carboxylic acids is 1. The molecule has 0 unspecified atom stereocenters. The molecular weight excluding hydrogens is 362 g/mol. The van der Waals surface area contributed by atoms with E-state index in [9.17, 15) is 27.2 Å². The van der Waals surface area contributed by atoms with Crippen LogP contribution in [0.3, 0.4) is 0 Å². The second kappa shape index (κ2) is 7.72. The first kappa shape index (κ1) is 19.0. The molecule has 2 aromatic rings. The summed E-state index contributed by atoms with van der Waals surface area (Å²) in [5.41, 5.74) is -1.62. The maximum absolute atomic E-state index is 13.7. The van der Waals surface area contributed by atoms with Crippen LogP contribution >= 0.6 is 0 Å². The zero-order chi connectivity index (χ0) is 19.3. The van der Waals surface area contributed by atoms with Crippen molar-refractivity contribution in [3.05, 3.63) is 59.4 Å². The predicted molar refractivity (Wildman–Crippen MR) is 80.3 cm³/mol. The van der Waals surface area contributed by atoms with E-state index < -0.39 is 41.2 Å². The van der Waals surface area contributed by atoms with Crippen molar-refractivity contribution in [1.82, 2.24) is 0 Å². The van der Waals surface area contributed by atoms with Gasteiger partial charge in [0.25, 0.3) is 0 Å². The zero-order valence-electron chi connectivity index (χ0n) is 12.8. The monoisotopic (exact) mass is 373 g/mol. The highest BCUT2D eigenvalue weighted by molar-refractivity contribution is 6.01. The number of rotatable bonds is 5. The van der Waals surface area contributed by atoms with Crippen LogP contribution in [0.25, 0.3) is 0 Å². The van der Waals surface area contributed by atoms with Gasteiger partial charge in [-0.25, -0.2) is 14.0 Å². The molecule has 26 heavy (non-hydrogen) atoms. The Labute approximate surface area is 144 Å². The van der Waals surface area contributed by atoms with Crippen LogP contribution in [0.1, 0.15) is 15.9 Å². The average molecular weight is 373 g/mol. The minimum Gasteiger partial charge on any atom is -0.478 e. The summed E-state index contributed by atoms with van der Waals surface area (Å²) in [7, 11) is 0.